The van der Waals surface area contributed by atoms with Gasteiger partial charge < -0.3 is 19.5 Å². The van der Waals surface area contributed by atoms with Crippen LogP contribution in [0.4, 0.5) is 10.2 Å². The van der Waals surface area contributed by atoms with Crippen LogP contribution in [0.25, 0.3) is 17.2 Å². The smallest absolute Gasteiger partial charge is 0.213 e. The molecule has 1 N–H and O–H groups in total. The van der Waals surface area contributed by atoms with E-state index in [2.05, 4.69) is 25.3 Å². The van der Waals surface area contributed by atoms with Gasteiger partial charge in [0.1, 0.15) is 24.6 Å². The van der Waals surface area contributed by atoms with Crippen molar-refractivity contribution in [1.29, 1.82) is 0 Å². The largest absolute Gasteiger partial charge is 0.365 e. The lowest BCUT2D eigenvalue weighted by atomic mass is 10.1. The van der Waals surface area contributed by atoms with Gasteiger partial charge in [-0.3, -0.25) is 4.57 Å². The quantitative estimate of drug-likeness (QED) is 0.567. The second kappa shape index (κ2) is 8.37. The second-order valence-electron chi connectivity index (χ2n) is 9.47. The minimum atomic E-state index is -0.763. The molecule has 2 aliphatic heterocycles. The molecule has 34 heavy (non-hydrogen) atoms. The van der Waals surface area contributed by atoms with Crippen LogP contribution in [0.15, 0.2) is 36.9 Å². The van der Waals surface area contributed by atoms with E-state index >= 15 is 0 Å². The van der Waals surface area contributed by atoms with Crippen LogP contribution in [0.3, 0.4) is 0 Å². The third-order valence-electron chi connectivity index (χ3n) is 6.59. The van der Waals surface area contributed by atoms with Gasteiger partial charge in [0.25, 0.3) is 0 Å². The Morgan fingerprint density at radius 1 is 1.12 bits per heavy atom. The minimum absolute atomic E-state index is 0.347. The number of fused-ring (bicyclic) bond motifs is 2. The number of rotatable bonds is 5. The summed E-state index contributed by atoms with van der Waals surface area (Å²) in [7, 11) is 0. The molecule has 4 atom stereocenters. The molecular weight excluding hydrogens is 439 g/mol. The Kier molecular flexibility index (Phi) is 5.31. The van der Waals surface area contributed by atoms with Crippen LogP contribution < -0.4 is 5.32 Å². The van der Waals surface area contributed by atoms with E-state index in [0.29, 0.717) is 22.9 Å². The van der Waals surface area contributed by atoms with Gasteiger partial charge in [-0.1, -0.05) is 25.0 Å². The first-order chi connectivity index (χ1) is 16.5. The van der Waals surface area contributed by atoms with Crippen LogP contribution in [-0.2, 0) is 14.2 Å². The molecule has 0 radical (unpaired) electrons. The van der Waals surface area contributed by atoms with E-state index in [4.69, 9.17) is 14.2 Å². The van der Waals surface area contributed by atoms with Gasteiger partial charge in [0.15, 0.2) is 29.0 Å². The lowest BCUT2D eigenvalue weighted by molar-refractivity contribution is -0.191. The Labute approximate surface area is 196 Å². The SMILES string of the molecule is CC1(C)O[C@@H]2[C@H](O1)[C@@H](C=Cc1cccc(F)n1)O[C@H]2n1cnc2c(NC3CCCC3)ncnc21. The fraction of sp³-hybridized carbons (Fsp3) is 0.500. The number of ether oxygens (including phenoxy) is 3. The van der Waals surface area contributed by atoms with E-state index in [1.54, 1.807) is 30.9 Å². The van der Waals surface area contributed by atoms with E-state index in [1.807, 2.05) is 24.5 Å². The Bertz CT molecular complexity index is 1220. The van der Waals surface area contributed by atoms with Gasteiger partial charge in [-0.25, -0.2) is 19.9 Å². The third-order valence-corrected chi connectivity index (χ3v) is 6.59. The number of nitrogens with zero attached hydrogens (tertiary/aromatic N) is 5. The molecule has 0 unspecified atom stereocenters. The van der Waals surface area contributed by atoms with Gasteiger partial charge in [-0.2, -0.15) is 4.39 Å². The Morgan fingerprint density at radius 3 is 2.76 bits per heavy atom. The van der Waals surface area contributed by atoms with Gasteiger partial charge in [0.2, 0.25) is 5.95 Å². The maximum absolute atomic E-state index is 13.5. The zero-order valence-electron chi connectivity index (χ0n) is 19.1. The van der Waals surface area contributed by atoms with Crippen molar-refractivity contribution in [3.63, 3.8) is 0 Å². The fourth-order valence-electron chi connectivity index (χ4n) is 5.10. The van der Waals surface area contributed by atoms with Crippen molar-refractivity contribution in [3.8, 4) is 0 Å². The summed E-state index contributed by atoms with van der Waals surface area (Å²) in [6.45, 7) is 3.77. The highest BCUT2D eigenvalue weighted by atomic mass is 19.1. The number of hydrogen-bond acceptors (Lipinski definition) is 8. The van der Waals surface area contributed by atoms with Crippen LogP contribution in [-0.4, -0.2) is 54.6 Å². The molecule has 3 aliphatic rings. The molecule has 0 spiro atoms. The van der Waals surface area contributed by atoms with Crippen molar-refractivity contribution in [1.82, 2.24) is 24.5 Å². The van der Waals surface area contributed by atoms with Crippen molar-refractivity contribution in [2.24, 2.45) is 0 Å². The summed E-state index contributed by atoms with van der Waals surface area (Å²) in [5.41, 5.74) is 1.88. The van der Waals surface area contributed by atoms with Crippen molar-refractivity contribution in [3.05, 3.63) is 48.6 Å². The van der Waals surface area contributed by atoms with Crippen molar-refractivity contribution in [2.75, 3.05) is 5.32 Å². The molecule has 6 rings (SSSR count). The van der Waals surface area contributed by atoms with Gasteiger partial charge in [-0.05, 0) is 44.9 Å². The molecule has 5 heterocycles. The van der Waals surface area contributed by atoms with Gasteiger partial charge in [0.05, 0.1) is 12.0 Å². The average Bonchev–Trinajstić information content (AvgIpc) is 3.57. The molecule has 10 heteroatoms. The van der Waals surface area contributed by atoms with Crippen molar-refractivity contribution < 1.29 is 18.6 Å². The summed E-state index contributed by atoms with van der Waals surface area (Å²) < 4.78 is 34.2. The molecular formula is C24H27FN6O3. The first-order valence-corrected chi connectivity index (χ1v) is 11.7. The standard InChI is InChI=1S/C24H27FN6O3/c1-24(2)33-19-16(11-10-15-8-5-9-17(25)29-15)32-23(20(19)34-24)31-13-28-18-21(26-12-27-22(18)31)30-14-6-3-4-7-14/h5,8-14,16,19-20,23H,3-4,6-7H2,1-2H3,(H,26,27,30)/t16-,19-,20-,23-/m1/s1. The van der Waals surface area contributed by atoms with Crippen LogP contribution in [0.2, 0.25) is 0 Å². The number of anilines is 1. The predicted molar refractivity (Wildman–Crippen MR) is 122 cm³/mol. The molecule has 3 fully saturated rings. The number of halogens is 1. The maximum Gasteiger partial charge on any atom is 0.213 e. The van der Waals surface area contributed by atoms with Gasteiger partial charge in [-0.15, -0.1) is 0 Å². The first-order valence-electron chi connectivity index (χ1n) is 11.7. The Balaban J connectivity index is 1.31. The Hall–Kier alpha value is -2.95. The van der Waals surface area contributed by atoms with Gasteiger partial charge in [0, 0.05) is 6.04 Å². The molecule has 0 bridgehead atoms. The average molecular weight is 467 g/mol. The molecule has 0 aromatic carbocycles. The highest BCUT2D eigenvalue weighted by Gasteiger charge is 2.55. The van der Waals surface area contributed by atoms with E-state index in [0.717, 1.165) is 18.7 Å². The maximum atomic E-state index is 13.5. The minimum Gasteiger partial charge on any atom is -0.365 e. The molecule has 0 amide bonds. The summed E-state index contributed by atoms with van der Waals surface area (Å²) in [6, 6.07) is 5.08. The number of aromatic nitrogens is 5. The molecule has 2 saturated heterocycles. The number of hydrogen-bond donors (Lipinski definition) is 1. The van der Waals surface area contributed by atoms with E-state index in [1.165, 1.54) is 18.9 Å². The molecule has 9 nitrogen and oxygen atoms in total. The summed E-state index contributed by atoms with van der Waals surface area (Å²) >= 11 is 0. The topological polar surface area (TPSA) is 96.2 Å². The highest BCUT2D eigenvalue weighted by Crippen LogP contribution is 2.44. The molecule has 3 aromatic rings. The number of pyridine rings is 1. The third kappa shape index (κ3) is 3.95. The van der Waals surface area contributed by atoms with E-state index in [9.17, 15) is 4.39 Å². The van der Waals surface area contributed by atoms with Crippen LogP contribution in [0.1, 0.15) is 51.5 Å². The predicted octanol–water partition coefficient (Wildman–Crippen LogP) is 3.85. The first kappa shape index (κ1) is 21.6. The van der Waals surface area contributed by atoms with Gasteiger partial charge >= 0.3 is 0 Å². The van der Waals surface area contributed by atoms with Crippen molar-refractivity contribution >= 4 is 23.1 Å². The normalized spacial score (nSPS) is 28.8. The van der Waals surface area contributed by atoms with Crippen molar-refractivity contribution in [2.45, 2.75) is 75.9 Å². The lowest BCUT2D eigenvalue weighted by Gasteiger charge is -2.24. The van der Waals surface area contributed by atoms with Crippen LogP contribution in [0, 0.1) is 5.95 Å². The summed E-state index contributed by atoms with van der Waals surface area (Å²) in [5, 5.41) is 3.53. The zero-order valence-corrected chi connectivity index (χ0v) is 19.1. The fourth-order valence-corrected chi connectivity index (χ4v) is 5.10. The molecule has 1 aliphatic carbocycles. The monoisotopic (exact) mass is 466 g/mol. The lowest BCUT2D eigenvalue weighted by Crippen LogP contribution is -2.28. The number of nitrogens with one attached hydrogen (secondary N) is 1. The van der Waals surface area contributed by atoms with E-state index < -0.39 is 24.1 Å². The summed E-state index contributed by atoms with van der Waals surface area (Å²) in [4.78, 5) is 17.4. The second-order valence-corrected chi connectivity index (χ2v) is 9.47. The zero-order chi connectivity index (χ0) is 23.3. The van der Waals surface area contributed by atoms with Crippen LogP contribution in [0.5, 0.6) is 0 Å². The summed E-state index contributed by atoms with van der Waals surface area (Å²) in [6.07, 6.45) is 9.93. The van der Waals surface area contributed by atoms with E-state index in [-0.39, 0.29) is 12.2 Å². The highest BCUT2D eigenvalue weighted by molar-refractivity contribution is 5.82. The molecule has 1 saturated carbocycles. The Morgan fingerprint density at radius 2 is 1.94 bits per heavy atom. The van der Waals surface area contributed by atoms with Crippen LogP contribution >= 0.6 is 0 Å². The molecule has 178 valence electrons. The number of imidazole rings is 1. The summed E-state index contributed by atoms with van der Waals surface area (Å²) in [5.74, 6) is -0.553. The molecule has 3 aromatic heterocycles.